The molecule has 0 saturated carbocycles. The second-order valence-corrected chi connectivity index (χ2v) is 7.15. The largest absolute Gasteiger partial charge is 0.497 e. The summed E-state index contributed by atoms with van der Waals surface area (Å²) in [5, 5.41) is 0. The molecule has 0 N–H and O–H groups in total. The lowest BCUT2D eigenvalue weighted by atomic mass is 10.0. The van der Waals surface area contributed by atoms with Gasteiger partial charge >= 0.3 is 0 Å². The zero-order valence-corrected chi connectivity index (χ0v) is 16.7. The van der Waals surface area contributed by atoms with Crippen molar-refractivity contribution in [1.82, 2.24) is 4.90 Å². The molecular weight excluding hydrogens is 368 g/mol. The summed E-state index contributed by atoms with van der Waals surface area (Å²) in [6.07, 6.45) is 3.17. The number of hydrogen-bond donors (Lipinski definition) is 0. The normalized spacial score (nSPS) is 17.2. The zero-order chi connectivity index (χ0) is 20.4. The number of anilines is 1. The van der Waals surface area contributed by atoms with E-state index in [1.165, 1.54) is 4.90 Å². The number of amides is 2. The molecule has 0 radical (unpaired) electrons. The van der Waals surface area contributed by atoms with Gasteiger partial charge in [0.15, 0.2) is 0 Å². The summed E-state index contributed by atoms with van der Waals surface area (Å²) in [5.74, 6) is 0.709. The Morgan fingerprint density at radius 2 is 1.48 bits per heavy atom. The Balaban J connectivity index is 1.80. The molecule has 1 fully saturated rings. The Kier molecular flexibility index (Phi) is 5.25. The molecule has 0 unspecified atom stereocenters. The van der Waals surface area contributed by atoms with Gasteiger partial charge < -0.3 is 14.4 Å². The fourth-order valence-electron chi connectivity index (χ4n) is 3.93. The minimum absolute atomic E-state index is 0.282. The number of carbonyl (C=O) groups excluding carboxylic acids is 2. The third-order valence-electron chi connectivity index (χ3n) is 5.42. The predicted octanol–water partition coefficient (Wildman–Crippen LogP) is 3.47. The van der Waals surface area contributed by atoms with Crippen LogP contribution in [-0.4, -0.2) is 44.0 Å². The van der Waals surface area contributed by atoms with E-state index in [1.54, 1.807) is 38.5 Å². The van der Waals surface area contributed by atoms with E-state index >= 15 is 0 Å². The Hall–Kier alpha value is -3.28. The van der Waals surface area contributed by atoms with Crippen LogP contribution in [0.15, 0.2) is 54.2 Å². The first-order valence-electron chi connectivity index (χ1n) is 9.80. The average Bonchev–Trinajstić information content (AvgIpc) is 3.04. The summed E-state index contributed by atoms with van der Waals surface area (Å²) < 4.78 is 10.5. The first kappa shape index (κ1) is 19.1. The monoisotopic (exact) mass is 392 g/mol. The van der Waals surface area contributed by atoms with Crippen LogP contribution in [0.5, 0.6) is 11.5 Å². The van der Waals surface area contributed by atoms with E-state index in [0.717, 1.165) is 37.9 Å². The Morgan fingerprint density at radius 3 is 2.14 bits per heavy atom. The maximum Gasteiger partial charge on any atom is 0.282 e. The van der Waals surface area contributed by atoms with E-state index in [1.807, 2.05) is 24.3 Å². The molecule has 0 aliphatic carbocycles. The second kappa shape index (κ2) is 7.99. The van der Waals surface area contributed by atoms with Crippen LogP contribution >= 0.6 is 0 Å². The standard InChI is InChI=1S/C23H24N2O4/c1-28-18-11-9-16(10-12-18)20-21(24-13-4-3-5-14-24)23(27)25(22(20)26)17-7-6-8-19(15-17)29-2/h6-12,15H,3-5,13-14H2,1-2H3. The highest BCUT2D eigenvalue weighted by Crippen LogP contribution is 2.37. The van der Waals surface area contributed by atoms with Crippen molar-refractivity contribution in [3.63, 3.8) is 0 Å². The molecule has 6 nitrogen and oxygen atoms in total. The number of rotatable bonds is 5. The molecule has 0 bridgehead atoms. The number of imide groups is 1. The fraction of sp³-hybridized carbons (Fsp3) is 0.304. The van der Waals surface area contributed by atoms with Gasteiger partial charge in [0.2, 0.25) is 0 Å². The van der Waals surface area contributed by atoms with Crippen LogP contribution in [0.2, 0.25) is 0 Å². The van der Waals surface area contributed by atoms with Crippen molar-refractivity contribution in [3.8, 4) is 11.5 Å². The Labute approximate surface area is 170 Å². The number of benzene rings is 2. The molecule has 1 saturated heterocycles. The number of hydrogen-bond acceptors (Lipinski definition) is 5. The SMILES string of the molecule is COc1ccc(C2=C(N3CCCCC3)C(=O)N(c3cccc(OC)c3)C2=O)cc1. The topological polar surface area (TPSA) is 59.1 Å². The van der Waals surface area contributed by atoms with Gasteiger partial charge in [-0.05, 0) is 49.1 Å². The average molecular weight is 392 g/mol. The smallest absolute Gasteiger partial charge is 0.282 e. The quantitative estimate of drug-likeness (QED) is 0.729. The second-order valence-electron chi connectivity index (χ2n) is 7.15. The molecule has 29 heavy (non-hydrogen) atoms. The van der Waals surface area contributed by atoms with Gasteiger partial charge in [-0.1, -0.05) is 18.2 Å². The van der Waals surface area contributed by atoms with E-state index in [0.29, 0.717) is 28.5 Å². The number of carbonyl (C=O) groups is 2. The molecule has 4 rings (SSSR count). The molecule has 0 spiro atoms. The predicted molar refractivity (Wildman–Crippen MR) is 111 cm³/mol. The van der Waals surface area contributed by atoms with Crippen LogP contribution in [0.3, 0.4) is 0 Å². The van der Waals surface area contributed by atoms with E-state index in [-0.39, 0.29) is 11.8 Å². The van der Waals surface area contributed by atoms with Crippen molar-refractivity contribution in [2.75, 3.05) is 32.2 Å². The molecule has 0 aromatic heterocycles. The highest BCUT2D eigenvalue weighted by atomic mass is 16.5. The number of piperidine rings is 1. The highest BCUT2D eigenvalue weighted by Gasteiger charge is 2.42. The van der Waals surface area contributed by atoms with Crippen LogP contribution in [0, 0.1) is 0 Å². The maximum atomic E-state index is 13.5. The first-order chi connectivity index (χ1) is 14.1. The summed E-state index contributed by atoms with van der Waals surface area (Å²) in [5.41, 5.74) is 2.16. The van der Waals surface area contributed by atoms with E-state index in [4.69, 9.17) is 9.47 Å². The summed E-state index contributed by atoms with van der Waals surface area (Å²) in [6, 6.07) is 14.3. The van der Waals surface area contributed by atoms with Crippen molar-refractivity contribution in [1.29, 1.82) is 0 Å². The molecular formula is C23H24N2O4. The molecule has 2 amide bonds. The third-order valence-corrected chi connectivity index (χ3v) is 5.42. The van der Waals surface area contributed by atoms with Crippen LogP contribution in [0.4, 0.5) is 5.69 Å². The number of nitrogens with zero attached hydrogens (tertiary/aromatic N) is 2. The minimum atomic E-state index is -0.311. The highest BCUT2D eigenvalue weighted by molar-refractivity contribution is 6.45. The molecule has 2 aromatic rings. The molecule has 0 atom stereocenters. The van der Waals surface area contributed by atoms with Crippen LogP contribution in [0.1, 0.15) is 24.8 Å². The summed E-state index contributed by atoms with van der Waals surface area (Å²) in [4.78, 5) is 30.2. The molecule has 2 aliphatic heterocycles. The summed E-state index contributed by atoms with van der Waals surface area (Å²) in [7, 11) is 3.16. The van der Waals surface area contributed by atoms with Gasteiger partial charge in [-0.15, -0.1) is 0 Å². The third kappa shape index (κ3) is 3.46. The molecule has 2 aromatic carbocycles. The van der Waals surface area contributed by atoms with Crippen molar-refractivity contribution in [2.24, 2.45) is 0 Å². The lowest BCUT2D eigenvalue weighted by Gasteiger charge is -2.29. The van der Waals surface area contributed by atoms with Crippen LogP contribution < -0.4 is 14.4 Å². The Bertz CT molecular complexity index is 959. The van der Waals surface area contributed by atoms with Crippen LogP contribution in [-0.2, 0) is 9.59 Å². The van der Waals surface area contributed by atoms with Gasteiger partial charge in [-0.3, -0.25) is 9.59 Å². The lowest BCUT2D eigenvalue weighted by molar-refractivity contribution is -0.120. The maximum absolute atomic E-state index is 13.5. The molecule has 2 aliphatic rings. The van der Waals surface area contributed by atoms with E-state index < -0.39 is 0 Å². The molecule has 2 heterocycles. The van der Waals surface area contributed by atoms with Crippen molar-refractivity contribution in [2.45, 2.75) is 19.3 Å². The molecule has 6 heteroatoms. The van der Waals surface area contributed by atoms with Gasteiger partial charge in [0.25, 0.3) is 11.8 Å². The van der Waals surface area contributed by atoms with Gasteiger partial charge in [0.05, 0.1) is 25.5 Å². The fourth-order valence-corrected chi connectivity index (χ4v) is 3.93. The molecule has 150 valence electrons. The van der Waals surface area contributed by atoms with E-state index in [9.17, 15) is 9.59 Å². The Morgan fingerprint density at radius 1 is 0.793 bits per heavy atom. The van der Waals surface area contributed by atoms with Crippen molar-refractivity contribution < 1.29 is 19.1 Å². The summed E-state index contributed by atoms with van der Waals surface area (Å²) >= 11 is 0. The number of methoxy groups -OCH3 is 2. The van der Waals surface area contributed by atoms with Gasteiger partial charge in [0.1, 0.15) is 17.2 Å². The zero-order valence-electron chi connectivity index (χ0n) is 16.7. The van der Waals surface area contributed by atoms with Gasteiger partial charge in [0, 0.05) is 19.2 Å². The lowest BCUT2D eigenvalue weighted by Crippen LogP contribution is -2.37. The number of ether oxygens (including phenoxy) is 2. The number of likely N-dealkylation sites (tertiary alicyclic amines) is 1. The van der Waals surface area contributed by atoms with Gasteiger partial charge in [-0.25, -0.2) is 4.90 Å². The van der Waals surface area contributed by atoms with Crippen molar-refractivity contribution >= 4 is 23.1 Å². The van der Waals surface area contributed by atoms with E-state index in [2.05, 4.69) is 4.90 Å². The van der Waals surface area contributed by atoms with Crippen molar-refractivity contribution in [3.05, 3.63) is 59.8 Å². The minimum Gasteiger partial charge on any atom is -0.497 e. The van der Waals surface area contributed by atoms with Crippen LogP contribution in [0.25, 0.3) is 5.57 Å². The first-order valence-corrected chi connectivity index (χ1v) is 9.80. The summed E-state index contributed by atoms with van der Waals surface area (Å²) in [6.45, 7) is 1.56. The van der Waals surface area contributed by atoms with Gasteiger partial charge in [-0.2, -0.15) is 0 Å².